The minimum Gasteiger partial charge on any atom is -0.493 e. The van der Waals surface area contributed by atoms with E-state index < -0.39 is 0 Å². The Morgan fingerprint density at radius 3 is 2.61 bits per heavy atom. The maximum atomic E-state index is 11.0. The number of nitrogens with one attached hydrogen (secondary N) is 1. The number of benzene rings is 1. The Hall–Kier alpha value is -1.51. The zero-order valence-electron chi connectivity index (χ0n) is 15.7. The molecule has 1 aromatic rings. The number of hydrogen-bond acceptors (Lipinski definition) is 2. The van der Waals surface area contributed by atoms with Crippen LogP contribution in [0.4, 0.5) is 0 Å². The van der Waals surface area contributed by atoms with Gasteiger partial charge in [-0.1, -0.05) is 40.7 Å². The van der Waals surface area contributed by atoms with Crippen molar-refractivity contribution in [2.75, 3.05) is 13.2 Å². The van der Waals surface area contributed by atoms with Gasteiger partial charge in [-0.05, 0) is 41.9 Å². The maximum absolute atomic E-state index is 11.0. The largest absolute Gasteiger partial charge is 0.493 e. The number of carbonyl (C=O) groups excluding carboxylic acids is 1. The van der Waals surface area contributed by atoms with Crippen LogP contribution in [0.3, 0.4) is 0 Å². The number of carbonyl (C=O) groups is 1. The smallest absolute Gasteiger partial charge is 0.216 e. The Labute approximate surface area is 141 Å². The van der Waals surface area contributed by atoms with Gasteiger partial charge in [-0.15, -0.1) is 0 Å². The summed E-state index contributed by atoms with van der Waals surface area (Å²) in [5, 5.41) is 2.92. The monoisotopic (exact) mass is 319 g/mol. The van der Waals surface area contributed by atoms with Crippen molar-refractivity contribution in [1.29, 1.82) is 0 Å². The lowest BCUT2D eigenvalue weighted by Crippen LogP contribution is -2.23. The molecular weight excluding hydrogens is 286 g/mol. The molecule has 1 N–H and O–H groups in total. The van der Waals surface area contributed by atoms with Crippen LogP contribution in [0.2, 0.25) is 0 Å². The van der Waals surface area contributed by atoms with Gasteiger partial charge in [0, 0.05) is 25.5 Å². The Kier molecular flexibility index (Phi) is 8.15. The van der Waals surface area contributed by atoms with Crippen LogP contribution in [0.25, 0.3) is 0 Å². The van der Waals surface area contributed by atoms with Crippen LogP contribution >= 0.6 is 0 Å². The molecule has 1 aromatic carbocycles. The van der Waals surface area contributed by atoms with E-state index in [0.29, 0.717) is 11.8 Å². The first kappa shape index (κ1) is 19.5. The molecule has 2 aliphatic rings. The van der Waals surface area contributed by atoms with E-state index in [9.17, 15) is 4.79 Å². The lowest BCUT2D eigenvalue weighted by Gasteiger charge is -2.18. The molecule has 3 heteroatoms. The normalized spacial score (nSPS) is 20.1. The van der Waals surface area contributed by atoms with E-state index in [-0.39, 0.29) is 5.91 Å². The number of fused-ring (bicyclic) bond motifs is 3. The summed E-state index contributed by atoms with van der Waals surface area (Å²) >= 11 is 0. The van der Waals surface area contributed by atoms with E-state index in [1.54, 1.807) is 6.92 Å². The third kappa shape index (κ3) is 4.49. The van der Waals surface area contributed by atoms with Crippen LogP contribution in [0.1, 0.15) is 70.6 Å². The van der Waals surface area contributed by atoms with Crippen LogP contribution in [0.5, 0.6) is 5.75 Å². The average molecular weight is 319 g/mol. The topological polar surface area (TPSA) is 38.3 Å². The van der Waals surface area contributed by atoms with Crippen molar-refractivity contribution in [3.05, 3.63) is 28.8 Å². The van der Waals surface area contributed by atoms with Gasteiger partial charge in [-0.3, -0.25) is 4.79 Å². The summed E-state index contributed by atoms with van der Waals surface area (Å²) in [4.78, 5) is 11.0. The Morgan fingerprint density at radius 1 is 1.26 bits per heavy atom. The van der Waals surface area contributed by atoms with Crippen molar-refractivity contribution in [3.8, 4) is 5.75 Å². The van der Waals surface area contributed by atoms with E-state index in [0.717, 1.165) is 38.2 Å². The summed E-state index contributed by atoms with van der Waals surface area (Å²) in [6, 6.07) is 4.36. The highest BCUT2D eigenvalue weighted by atomic mass is 16.5. The molecule has 0 fully saturated rings. The van der Waals surface area contributed by atoms with Crippen molar-refractivity contribution in [3.63, 3.8) is 0 Å². The van der Waals surface area contributed by atoms with Crippen LogP contribution < -0.4 is 10.1 Å². The molecule has 3 rings (SSSR count). The van der Waals surface area contributed by atoms with Gasteiger partial charge in [0.1, 0.15) is 5.75 Å². The quantitative estimate of drug-likeness (QED) is 0.892. The van der Waals surface area contributed by atoms with Crippen LogP contribution in [0, 0.1) is 5.92 Å². The lowest BCUT2D eigenvalue weighted by atomic mass is 9.87. The Balaban J connectivity index is 0.000000615. The molecular formula is C20H33NO2. The zero-order chi connectivity index (χ0) is 17.4. The molecule has 0 spiro atoms. The molecule has 0 saturated carbocycles. The Bertz CT molecular complexity index is 511. The van der Waals surface area contributed by atoms with Gasteiger partial charge in [0.25, 0.3) is 0 Å². The Morgan fingerprint density at radius 2 is 1.96 bits per heavy atom. The van der Waals surface area contributed by atoms with Crippen molar-refractivity contribution in [2.45, 2.75) is 66.7 Å². The van der Waals surface area contributed by atoms with Gasteiger partial charge in [-0.25, -0.2) is 0 Å². The predicted molar refractivity (Wildman–Crippen MR) is 97.2 cm³/mol. The highest BCUT2D eigenvalue weighted by Crippen LogP contribution is 2.45. The van der Waals surface area contributed by atoms with Gasteiger partial charge in [0.05, 0.1) is 6.61 Å². The standard InChI is InChI=1S/C16H21NO2.2C2H6/c1-10-9-12-3-4-15-14(6-8-19-15)16(12)13(10)5-7-17-11(2)18;2*1-2/h3-4,10,13H,5-9H2,1-2H3,(H,17,18);2*1-2H3. The molecule has 0 saturated heterocycles. The van der Waals surface area contributed by atoms with Crippen LogP contribution in [-0.2, 0) is 17.6 Å². The average Bonchev–Trinajstić information content (AvgIpc) is 3.15. The van der Waals surface area contributed by atoms with E-state index in [4.69, 9.17) is 4.74 Å². The molecule has 0 aromatic heterocycles. The third-order valence-electron chi connectivity index (χ3n) is 4.44. The summed E-state index contributed by atoms with van der Waals surface area (Å²) in [5.74, 6) is 2.37. The second-order valence-electron chi connectivity index (χ2n) is 5.77. The van der Waals surface area contributed by atoms with Crippen molar-refractivity contribution in [2.24, 2.45) is 5.92 Å². The molecule has 23 heavy (non-hydrogen) atoms. The molecule has 2 unspecified atom stereocenters. The summed E-state index contributed by atoms with van der Waals surface area (Å²) in [6.45, 7) is 13.5. The second kappa shape index (κ2) is 9.59. The second-order valence-corrected chi connectivity index (χ2v) is 5.77. The number of ether oxygens (including phenoxy) is 1. The minimum atomic E-state index is 0.0625. The van der Waals surface area contributed by atoms with Crippen LogP contribution in [0.15, 0.2) is 12.1 Å². The van der Waals surface area contributed by atoms with E-state index >= 15 is 0 Å². The molecule has 130 valence electrons. The fraction of sp³-hybridized carbons (Fsp3) is 0.650. The van der Waals surface area contributed by atoms with Gasteiger partial charge < -0.3 is 10.1 Å². The molecule has 0 bridgehead atoms. The maximum Gasteiger partial charge on any atom is 0.216 e. The van der Waals surface area contributed by atoms with Crippen molar-refractivity contribution >= 4 is 5.91 Å². The highest BCUT2D eigenvalue weighted by Gasteiger charge is 2.33. The predicted octanol–water partition coefficient (Wildman–Crippen LogP) is 4.48. The number of rotatable bonds is 3. The van der Waals surface area contributed by atoms with Gasteiger partial charge in [0.15, 0.2) is 0 Å². The fourth-order valence-electron chi connectivity index (χ4n) is 3.60. The van der Waals surface area contributed by atoms with Crippen LogP contribution in [-0.4, -0.2) is 19.1 Å². The molecule has 2 atom stereocenters. The summed E-state index contributed by atoms with van der Waals surface area (Å²) in [6.07, 6.45) is 3.24. The lowest BCUT2D eigenvalue weighted by molar-refractivity contribution is -0.118. The third-order valence-corrected chi connectivity index (χ3v) is 4.44. The van der Waals surface area contributed by atoms with Crippen molar-refractivity contribution in [1.82, 2.24) is 5.32 Å². The molecule has 1 aliphatic heterocycles. The highest BCUT2D eigenvalue weighted by molar-refractivity contribution is 5.72. The SMILES string of the molecule is CC.CC.CC(=O)NCCC1c2c(ccc3c2CCO3)CC1C. The first-order valence-corrected chi connectivity index (χ1v) is 9.18. The summed E-state index contributed by atoms with van der Waals surface area (Å²) in [7, 11) is 0. The van der Waals surface area contributed by atoms with Gasteiger partial charge >= 0.3 is 0 Å². The van der Waals surface area contributed by atoms with Crippen molar-refractivity contribution < 1.29 is 9.53 Å². The minimum absolute atomic E-state index is 0.0625. The molecule has 1 aliphatic carbocycles. The summed E-state index contributed by atoms with van der Waals surface area (Å²) in [5.41, 5.74) is 4.44. The first-order chi connectivity index (χ1) is 11.2. The van der Waals surface area contributed by atoms with E-state index in [1.807, 2.05) is 27.7 Å². The zero-order valence-corrected chi connectivity index (χ0v) is 15.7. The molecule has 1 amide bonds. The van der Waals surface area contributed by atoms with Gasteiger partial charge in [0.2, 0.25) is 5.91 Å². The molecule has 0 radical (unpaired) electrons. The first-order valence-electron chi connectivity index (χ1n) is 9.18. The van der Waals surface area contributed by atoms with E-state index in [2.05, 4.69) is 24.4 Å². The number of amides is 1. The van der Waals surface area contributed by atoms with E-state index in [1.165, 1.54) is 16.7 Å². The fourth-order valence-corrected chi connectivity index (χ4v) is 3.60. The summed E-state index contributed by atoms with van der Waals surface area (Å²) < 4.78 is 5.68. The van der Waals surface area contributed by atoms with Gasteiger partial charge in [-0.2, -0.15) is 0 Å². The molecule has 3 nitrogen and oxygen atoms in total. The molecule has 1 heterocycles. The number of hydrogen-bond donors (Lipinski definition) is 1.